The molecule has 1 aliphatic heterocycles. The molecule has 0 saturated heterocycles. The number of carbonyl (C=O) groups is 1. The first-order chi connectivity index (χ1) is 9.58. The fourth-order valence-electron chi connectivity index (χ4n) is 2.34. The first-order valence-electron chi connectivity index (χ1n) is 6.16. The fraction of sp³-hybridized carbons (Fsp3) is 0.214. The lowest BCUT2D eigenvalue weighted by Gasteiger charge is -2.27. The Labute approximate surface area is 118 Å². The van der Waals surface area contributed by atoms with E-state index in [1.54, 1.807) is 11.3 Å². The maximum absolute atomic E-state index is 13.9. The summed E-state index contributed by atoms with van der Waals surface area (Å²) in [6.07, 6.45) is 0.713. The first-order valence-corrected chi connectivity index (χ1v) is 7.04. The van der Waals surface area contributed by atoms with Gasteiger partial charge in [0, 0.05) is 18.0 Å². The molecule has 1 aliphatic rings. The molecule has 0 radical (unpaired) electrons. The summed E-state index contributed by atoms with van der Waals surface area (Å²) in [5, 5.41) is 1.96. The van der Waals surface area contributed by atoms with Gasteiger partial charge in [-0.15, -0.1) is 11.3 Å². The average molecular weight is 294 g/mol. The zero-order chi connectivity index (χ0) is 14.3. The zero-order valence-corrected chi connectivity index (χ0v) is 11.3. The van der Waals surface area contributed by atoms with E-state index in [-0.39, 0.29) is 5.69 Å². The lowest BCUT2D eigenvalue weighted by atomic mass is 10.1. The normalized spacial score (nSPS) is 14.2. The molecule has 0 unspecified atom stereocenters. The van der Waals surface area contributed by atoms with Gasteiger partial charge in [-0.25, -0.2) is 8.78 Å². The fourth-order valence-corrected chi connectivity index (χ4v) is 3.23. The highest BCUT2D eigenvalue weighted by atomic mass is 32.1. The summed E-state index contributed by atoms with van der Waals surface area (Å²) >= 11 is 1.64. The molecule has 3 nitrogen and oxygen atoms in total. The molecule has 0 fully saturated rings. The van der Waals surface area contributed by atoms with E-state index < -0.39 is 23.1 Å². The lowest BCUT2D eigenvalue weighted by Crippen LogP contribution is -2.36. The summed E-state index contributed by atoms with van der Waals surface area (Å²) in [6.45, 7) is 0.839. The van der Waals surface area contributed by atoms with Crippen molar-refractivity contribution in [1.29, 1.82) is 0 Å². The van der Waals surface area contributed by atoms with Gasteiger partial charge in [-0.3, -0.25) is 4.79 Å². The van der Waals surface area contributed by atoms with Crippen molar-refractivity contribution in [2.24, 2.45) is 0 Å². The summed E-state index contributed by atoms with van der Waals surface area (Å²) in [6, 6.07) is 4.08. The number of carbonyl (C=O) groups excluding carboxylic acids is 1. The molecule has 0 saturated carbocycles. The zero-order valence-electron chi connectivity index (χ0n) is 10.5. The van der Waals surface area contributed by atoms with Crippen LogP contribution >= 0.6 is 11.3 Å². The minimum atomic E-state index is -0.980. The smallest absolute Gasteiger partial charge is 0.260 e. The molecule has 2 N–H and O–H groups in total. The van der Waals surface area contributed by atoms with Crippen molar-refractivity contribution in [1.82, 2.24) is 4.90 Å². The molecule has 0 aliphatic carbocycles. The van der Waals surface area contributed by atoms with Gasteiger partial charge in [0.25, 0.3) is 5.91 Å². The molecule has 0 spiro atoms. The third kappa shape index (κ3) is 2.06. The molecular formula is C14H12F2N2OS. The second-order valence-corrected chi connectivity index (χ2v) is 5.67. The van der Waals surface area contributed by atoms with E-state index in [0.717, 1.165) is 17.7 Å². The maximum atomic E-state index is 13.9. The molecule has 1 aromatic carbocycles. The number of nitrogen functional groups attached to an aromatic ring is 1. The van der Waals surface area contributed by atoms with E-state index in [2.05, 4.69) is 0 Å². The van der Waals surface area contributed by atoms with Crippen LogP contribution in [0.15, 0.2) is 23.6 Å². The van der Waals surface area contributed by atoms with Gasteiger partial charge in [0.2, 0.25) is 0 Å². The Morgan fingerprint density at radius 2 is 2.10 bits per heavy atom. The number of nitrogens with zero attached hydrogens (tertiary/aromatic N) is 1. The number of nitrogens with two attached hydrogens (primary N) is 1. The van der Waals surface area contributed by atoms with E-state index in [4.69, 9.17) is 5.73 Å². The highest BCUT2D eigenvalue weighted by Crippen LogP contribution is 2.27. The number of halogens is 2. The van der Waals surface area contributed by atoms with Crippen LogP contribution < -0.4 is 5.73 Å². The van der Waals surface area contributed by atoms with Gasteiger partial charge >= 0.3 is 0 Å². The number of rotatable bonds is 1. The SMILES string of the molecule is Nc1ccc(F)c(C(=O)N2CCc3sccc3C2)c1F. The Balaban J connectivity index is 1.93. The van der Waals surface area contributed by atoms with Crippen LogP contribution in [-0.4, -0.2) is 17.4 Å². The van der Waals surface area contributed by atoms with Gasteiger partial charge in [-0.05, 0) is 35.6 Å². The van der Waals surface area contributed by atoms with Crippen LogP contribution in [-0.2, 0) is 13.0 Å². The van der Waals surface area contributed by atoms with Gasteiger partial charge < -0.3 is 10.6 Å². The number of thiophene rings is 1. The van der Waals surface area contributed by atoms with Gasteiger partial charge in [0.15, 0.2) is 5.82 Å². The third-order valence-electron chi connectivity index (χ3n) is 3.43. The summed E-state index contributed by atoms with van der Waals surface area (Å²) in [4.78, 5) is 15.0. The monoisotopic (exact) mass is 294 g/mol. The van der Waals surface area contributed by atoms with Gasteiger partial charge in [-0.2, -0.15) is 0 Å². The van der Waals surface area contributed by atoms with Crippen molar-refractivity contribution in [2.45, 2.75) is 13.0 Å². The summed E-state index contributed by atoms with van der Waals surface area (Å²) in [5.74, 6) is -2.51. The van der Waals surface area contributed by atoms with Crippen molar-refractivity contribution in [3.05, 3.63) is 51.2 Å². The van der Waals surface area contributed by atoms with Crippen LogP contribution in [0.5, 0.6) is 0 Å². The molecule has 0 bridgehead atoms. The number of hydrogen-bond donors (Lipinski definition) is 1. The highest BCUT2D eigenvalue weighted by molar-refractivity contribution is 7.10. The van der Waals surface area contributed by atoms with E-state index >= 15 is 0 Å². The number of anilines is 1. The standard InChI is InChI=1S/C14H12F2N2OS/c15-9-1-2-10(17)13(16)12(9)14(19)18-5-3-11-8(7-18)4-6-20-11/h1-2,4,6H,3,5,7,17H2. The van der Waals surface area contributed by atoms with Crippen LogP contribution in [0.25, 0.3) is 0 Å². The van der Waals surface area contributed by atoms with E-state index in [1.807, 2.05) is 11.4 Å². The van der Waals surface area contributed by atoms with Crippen molar-refractivity contribution >= 4 is 22.9 Å². The minimum Gasteiger partial charge on any atom is -0.396 e. The third-order valence-corrected chi connectivity index (χ3v) is 4.45. The molecule has 1 aromatic heterocycles. The predicted molar refractivity (Wildman–Crippen MR) is 73.5 cm³/mol. The Morgan fingerprint density at radius 3 is 2.90 bits per heavy atom. The van der Waals surface area contributed by atoms with E-state index in [9.17, 15) is 13.6 Å². The molecule has 3 rings (SSSR count). The largest absolute Gasteiger partial charge is 0.396 e. The van der Waals surface area contributed by atoms with Crippen molar-refractivity contribution in [2.75, 3.05) is 12.3 Å². The van der Waals surface area contributed by atoms with Crippen LogP contribution in [0.2, 0.25) is 0 Å². The van der Waals surface area contributed by atoms with Crippen LogP contribution in [0.4, 0.5) is 14.5 Å². The summed E-state index contributed by atoms with van der Waals surface area (Å²) in [7, 11) is 0. The van der Waals surface area contributed by atoms with Gasteiger partial charge in [-0.1, -0.05) is 0 Å². The molecule has 2 aromatic rings. The van der Waals surface area contributed by atoms with Crippen LogP contribution in [0, 0.1) is 11.6 Å². The van der Waals surface area contributed by atoms with Crippen molar-refractivity contribution in [3.63, 3.8) is 0 Å². The summed E-state index contributed by atoms with van der Waals surface area (Å²) < 4.78 is 27.6. The number of fused-ring (bicyclic) bond motifs is 1. The van der Waals surface area contributed by atoms with Crippen LogP contribution in [0.1, 0.15) is 20.8 Å². The second kappa shape index (κ2) is 4.86. The van der Waals surface area contributed by atoms with E-state index in [1.165, 1.54) is 9.78 Å². The minimum absolute atomic E-state index is 0.219. The number of benzene rings is 1. The van der Waals surface area contributed by atoms with Gasteiger partial charge in [0.05, 0.1) is 5.69 Å². The Hall–Kier alpha value is -1.95. The Kier molecular flexibility index (Phi) is 3.17. The average Bonchev–Trinajstić information content (AvgIpc) is 2.90. The van der Waals surface area contributed by atoms with E-state index in [0.29, 0.717) is 19.5 Å². The molecule has 1 amide bonds. The highest BCUT2D eigenvalue weighted by Gasteiger charge is 2.27. The number of amides is 1. The Bertz CT molecular complexity index is 684. The molecule has 104 valence electrons. The lowest BCUT2D eigenvalue weighted by molar-refractivity contribution is 0.0726. The number of hydrogen-bond acceptors (Lipinski definition) is 3. The molecule has 6 heteroatoms. The Morgan fingerprint density at radius 1 is 1.30 bits per heavy atom. The molecule has 20 heavy (non-hydrogen) atoms. The van der Waals surface area contributed by atoms with Gasteiger partial charge in [0.1, 0.15) is 11.4 Å². The topological polar surface area (TPSA) is 46.3 Å². The first kappa shape index (κ1) is 13.1. The van der Waals surface area contributed by atoms with Crippen molar-refractivity contribution < 1.29 is 13.6 Å². The maximum Gasteiger partial charge on any atom is 0.260 e. The molecular weight excluding hydrogens is 282 g/mol. The summed E-state index contributed by atoms with van der Waals surface area (Å²) in [5.41, 5.74) is 5.66. The molecule has 2 heterocycles. The van der Waals surface area contributed by atoms with Crippen molar-refractivity contribution in [3.8, 4) is 0 Å². The quantitative estimate of drug-likeness (QED) is 0.822. The molecule has 0 atom stereocenters. The van der Waals surface area contributed by atoms with Crippen LogP contribution in [0.3, 0.4) is 0 Å². The predicted octanol–water partition coefficient (Wildman–Crippen LogP) is 2.81. The second-order valence-electron chi connectivity index (χ2n) is 4.67.